The molecule has 1 aliphatic rings. The van der Waals surface area contributed by atoms with Crippen LogP contribution in [0, 0.1) is 6.92 Å². The van der Waals surface area contributed by atoms with E-state index in [1.807, 2.05) is 19.1 Å². The SMILES string of the molecule is CCc1nc(-c2ccc3c(c2)CCC3NC(=O)c2ncc(C)o2)no1. The largest absolute Gasteiger partial charge is 0.438 e. The standard InChI is InChI=1S/C18H18N4O3/c1-3-15-21-16(22-25-15)12-4-6-13-11(8-12)5-7-14(13)20-17(23)18-19-9-10(2)24-18/h4,6,8-9,14H,3,5,7H2,1-2H3,(H,20,23). The smallest absolute Gasteiger partial charge is 0.307 e. The maximum atomic E-state index is 12.2. The van der Waals surface area contributed by atoms with E-state index < -0.39 is 0 Å². The number of carbonyl (C=O) groups is 1. The summed E-state index contributed by atoms with van der Waals surface area (Å²) in [5, 5.41) is 7.01. The number of aryl methyl sites for hydroxylation is 3. The van der Waals surface area contributed by atoms with E-state index in [-0.39, 0.29) is 17.8 Å². The lowest BCUT2D eigenvalue weighted by atomic mass is 10.0. The van der Waals surface area contributed by atoms with Crippen LogP contribution in [0.5, 0.6) is 0 Å². The van der Waals surface area contributed by atoms with Gasteiger partial charge in [0.1, 0.15) is 5.76 Å². The van der Waals surface area contributed by atoms with Crippen molar-refractivity contribution in [3.63, 3.8) is 0 Å². The second kappa shape index (κ2) is 6.16. The molecule has 3 aromatic rings. The number of benzene rings is 1. The quantitative estimate of drug-likeness (QED) is 0.786. The number of amides is 1. The molecular formula is C18H18N4O3. The molecule has 25 heavy (non-hydrogen) atoms. The van der Waals surface area contributed by atoms with E-state index in [9.17, 15) is 4.79 Å². The molecule has 1 atom stereocenters. The van der Waals surface area contributed by atoms with Crippen LogP contribution in [0.15, 0.2) is 33.3 Å². The number of nitrogens with one attached hydrogen (secondary N) is 1. The highest BCUT2D eigenvalue weighted by atomic mass is 16.5. The number of carbonyl (C=O) groups excluding carboxylic acids is 1. The van der Waals surface area contributed by atoms with Gasteiger partial charge in [-0.25, -0.2) is 4.98 Å². The molecule has 0 fully saturated rings. The normalized spacial score (nSPS) is 16.0. The minimum Gasteiger partial charge on any atom is -0.438 e. The summed E-state index contributed by atoms with van der Waals surface area (Å²) in [6, 6.07) is 6.01. The Morgan fingerprint density at radius 2 is 2.28 bits per heavy atom. The predicted octanol–water partition coefficient (Wildman–Crippen LogP) is 3.01. The summed E-state index contributed by atoms with van der Waals surface area (Å²) in [7, 11) is 0. The summed E-state index contributed by atoms with van der Waals surface area (Å²) in [6.07, 6.45) is 3.99. The molecule has 7 heteroatoms. The van der Waals surface area contributed by atoms with Gasteiger partial charge in [-0.05, 0) is 37.0 Å². The lowest BCUT2D eigenvalue weighted by Gasteiger charge is -2.12. The summed E-state index contributed by atoms with van der Waals surface area (Å²) in [4.78, 5) is 20.6. The van der Waals surface area contributed by atoms with Gasteiger partial charge in [0.05, 0.1) is 12.2 Å². The monoisotopic (exact) mass is 338 g/mol. The minimum atomic E-state index is -0.291. The topological polar surface area (TPSA) is 94.1 Å². The van der Waals surface area contributed by atoms with Gasteiger partial charge in [0.25, 0.3) is 5.89 Å². The van der Waals surface area contributed by atoms with Crippen LogP contribution < -0.4 is 5.32 Å². The molecule has 2 heterocycles. The van der Waals surface area contributed by atoms with Crippen LogP contribution >= 0.6 is 0 Å². The van der Waals surface area contributed by atoms with Crippen molar-refractivity contribution in [3.8, 4) is 11.4 Å². The second-order valence-electron chi connectivity index (χ2n) is 6.12. The number of nitrogens with zero attached hydrogens (tertiary/aromatic N) is 3. The Balaban J connectivity index is 1.54. The van der Waals surface area contributed by atoms with Crippen molar-refractivity contribution in [2.75, 3.05) is 0 Å². The summed E-state index contributed by atoms with van der Waals surface area (Å²) < 4.78 is 10.5. The van der Waals surface area contributed by atoms with Crippen LogP contribution in [-0.2, 0) is 12.8 Å². The average molecular weight is 338 g/mol. The molecule has 0 saturated carbocycles. The zero-order valence-corrected chi connectivity index (χ0v) is 14.1. The van der Waals surface area contributed by atoms with Gasteiger partial charge in [-0.3, -0.25) is 4.79 Å². The van der Waals surface area contributed by atoms with Crippen molar-refractivity contribution in [2.24, 2.45) is 0 Å². The molecule has 128 valence electrons. The average Bonchev–Trinajstić information content (AvgIpc) is 3.34. The van der Waals surface area contributed by atoms with E-state index >= 15 is 0 Å². The van der Waals surface area contributed by atoms with Gasteiger partial charge in [-0.15, -0.1) is 0 Å². The highest BCUT2D eigenvalue weighted by molar-refractivity contribution is 5.90. The zero-order valence-electron chi connectivity index (χ0n) is 14.1. The van der Waals surface area contributed by atoms with Gasteiger partial charge in [0.2, 0.25) is 11.7 Å². The van der Waals surface area contributed by atoms with E-state index in [0.29, 0.717) is 23.9 Å². The Bertz CT molecular complexity index is 928. The Morgan fingerprint density at radius 1 is 1.40 bits per heavy atom. The lowest BCUT2D eigenvalue weighted by molar-refractivity contribution is 0.0900. The Labute approximate surface area is 144 Å². The number of hydrogen-bond acceptors (Lipinski definition) is 6. The summed E-state index contributed by atoms with van der Waals surface area (Å²) in [6.45, 7) is 3.74. The summed E-state index contributed by atoms with van der Waals surface area (Å²) in [5.74, 6) is 1.65. The molecule has 0 bridgehead atoms. The number of oxazole rings is 1. The molecular weight excluding hydrogens is 320 g/mol. The van der Waals surface area contributed by atoms with Crippen LogP contribution in [0.2, 0.25) is 0 Å². The summed E-state index contributed by atoms with van der Waals surface area (Å²) in [5.41, 5.74) is 3.23. The molecule has 1 unspecified atom stereocenters. The Hall–Kier alpha value is -2.96. The third-order valence-corrected chi connectivity index (χ3v) is 4.37. The zero-order chi connectivity index (χ0) is 17.4. The first-order valence-corrected chi connectivity index (χ1v) is 8.33. The Morgan fingerprint density at radius 3 is 3.00 bits per heavy atom. The molecule has 1 aliphatic carbocycles. The fourth-order valence-electron chi connectivity index (χ4n) is 3.10. The second-order valence-corrected chi connectivity index (χ2v) is 6.12. The van der Waals surface area contributed by atoms with Gasteiger partial charge in [-0.2, -0.15) is 4.98 Å². The highest BCUT2D eigenvalue weighted by Gasteiger charge is 2.26. The number of fused-ring (bicyclic) bond motifs is 1. The van der Waals surface area contributed by atoms with Crippen LogP contribution in [0.3, 0.4) is 0 Å². The molecule has 0 saturated heterocycles. The van der Waals surface area contributed by atoms with Crippen molar-refractivity contribution in [1.82, 2.24) is 20.4 Å². The minimum absolute atomic E-state index is 0.0415. The molecule has 1 N–H and O–H groups in total. The van der Waals surface area contributed by atoms with Gasteiger partial charge in [0.15, 0.2) is 0 Å². The van der Waals surface area contributed by atoms with Crippen LogP contribution in [0.25, 0.3) is 11.4 Å². The van der Waals surface area contributed by atoms with Gasteiger partial charge in [0, 0.05) is 12.0 Å². The number of hydrogen-bond donors (Lipinski definition) is 1. The molecule has 4 rings (SSSR count). The van der Waals surface area contributed by atoms with Gasteiger partial charge in [-0.1, -0.05) is 24.2 Å². The maximum Gasteiger partial charge on any atom is 0.307 e. The highest BCUT2D eigenvalue weighted by Crippen LogP contribution is 2.33. The van der Waals surface area contributed by atoms with E-state index in [0.717, 1.165) is 24.0 Å². The van der Waals surface area contributed by atoms with E-state index in [1.165, 1.54) is 5.56 Å². The van der Waals surface area contributed by atoms with Crippen molar-refractivity contribution in [1.29, 1.82) is 0 Å². The van der Waals surface area contributed by atoms with Crippen LogP contribution in [-0.4, -0.2) is 21.0 Å². The third-order valence-electron chi connectivity index (χ3n) is 4.37. The van der Waals surface area contributed by atoms with Gasteiger partial charge < -0.3 is 14.3 Å². The first kappa shape index (κ1) is 15.6. The van der Waals surface area contributed by atoms with E-state index in [2.05, 4.69) is 26.5 Å². The molecule has 0 radical (unpaired) electrons. The third kappa shape index (κ3) is 2.93. The maximum absolute atomic E-state index is 12.2. The fraction of sp³-hybridized carbons (Fsp3) is 0.333. The van der Waals surface area contributed by atoms with Crippen LogP contribution in [0.4, 0.5) is 0 Å². The van der Waals surface area contributed by atoms with Crippen molar-refractivity contribution < 1.29 is 13.7 Å². The van der Waals surface area contributed by atoms with Crippen molar-refractivity contribution >= 4 is 5.91 Å². The predicted molar refractivity (Wildman–Crippen MR) is 88.9 cm³/mol. The molecule has 7 nitrogen and oxygen atoms in total. The molecule has 2 aromatic heterocycles. The Kier molecular flexibility index (Phi) is 3.83. The molecule has 1 amide bonds. The van der Waals surface area contributed by atoms with Crippen molar-refractivity contribution in [3.05, 3.63) is 53.1 Å². The molecule has 1 aromatic carbocycles. The van der Waals surface area contributed by atoms with Crippen molar-refractivity contribution in [2.45, 2.75) is 39.2 Å². The first-order chi connectivity index (χ1) is 12.1. The van der Waals surface area contributed by atoms with E-state index in [1.54, 1.807) is 13.1 Å². The lowest BCUT2D eigenvalue weighted by Crippen LogP contribution is -2.27. The first-order valence-electron chi connectivity index (χ1n) is 8.33. The fourth-order valence-corrected chi connectivity index (χ4v) is 3.10. The summed E-state index contributed by atoms with van der Waals surface area (Å²) >= 11 is 0. The van der Waals surface area contributed by atoms with Crippen LogP contribution in [0.1, 0.15) is 52.8 Å². The molecule has 0 spiro atoms. The van der Waals surface area contributed by atoms with E-state index in [4.69, 9.17) is 8.94 Å². The molecule has 0 aliphatic heterocycles. The number of rotatable bonds is 4. The number of aromatic nitrogens is 3. The van der Waals surface area contributed by atoms with Gasteiger partial charge >= 0.3 is 5.91 Å².